The van der Waals surface area contributed by atoms with Crippen LogP contribution in [0.4, 0.5) is 5.69 Å². The fourth-order valence-electron chi connectivity index (χ4n) is 3.98. The fourth-order valence-corrected chi connectivity index (χ4v) is 4.37. The van der Waals surface area contributed by atoms with Gasteiger partial charge in [-0.3, -0.25) is 14.4 Å². The Morgan fingerprint density at radius 3 is 2.37 bits per heavy atom. The molecule has 2 heterocycles. The number of anilines is 1. The largest absolute Gasteiger partial charge is 0.507 e. The lowest BCUT2D eigenvalue weighted by Crippen LogP contribution is -2.52. The van der Waals surface area contributed by atoms with Gasteiger partial charge in [-0.2, -0.15) is 0 Å². The third-order valence-electron chi connectivity index (χ3n) is 5.61. The summed E-state index contributed by atoms with van der Waals surface area (Å²) >= 11 is 3.41. The molecule has 0 aromatic heterocycles. The van der Waals surface area contributed by atoms with Crippen LogP contribution in [0.5, 0.6) is 5.75 Å². The summed E-state index contributed by atoms with van der Waals surface area (Å²) in [5, 5.41) is 9.90. The Morgan fingerprint density at radius 1 is 0.967 bits per heavy atom. The van der Waals surface area contributed by atoms with Gasteiger partial charge in [-0.05, 0) is 30.3 Å². The van der Waals surface area contributed by atoms with Crippen LogP contribution in [-0.4, -0.2) is 65.4 Å². The molecule has 2 aliphatic rings. The lowest BCUT2D eigenvalue weighted by atomic mass is 10.1. The maximum atomic E-state index is 13.0. The van der Waals surface area contributed by atoms with Gasteiger partial charge in [0, 0.05) is 49.3 Å². The second kappa shape index (κ2) is 8.47. The molecule has 156 valence electrons. The van der Waals surface area contributed by atoms with Crippen molar-refractivity contribution in [2.24, 2.45) is 5.92 Å². The van der Waals surface area contributed by atoms with Gasteiger partial charge in [-0.15, -0.1) is 0 Å². The number of phenolic OH excluding ortho intramolecular Hbond substituents is 1. The molecule has 0 saturated carbocycles. The van der Waals surface area contributed by atoms with Crippen molar-refractivity contribution in [3.8, 4) is 5.75 Å². The summed E-state index contributed by atoms with van der Waals surface area (Å²) in [5.74, 6) is -0.762. The number of halogens is 1. The highest BCUT2D eigenvalue weighted by atomic mass is 79.9. The van der Waals surface area contributed by atoms with E-state index in [1.165, 1.54) is 6.07 Å². The molecule has 2 saturated heterocycles. The first-order valence-corrected chi connectivity index (χ1v) is 10.7. The van der Waals surface area contributed by atoms with E-state index in [-0.39, 0.29) is 41.4 Å². The molecule has 0 spiro atoms. The normalized spacial score (nSPS) is 19.3. The number of aromatic hydroxyl groups is 1. The monoisotopic (exact) mass is 471 g/mol. The van der Waals surface area contributed by atoms with Crippen LogP contribution >= 0.6 is 15.9 Å². The first kappa shape index (κ1) is 20.4. The van der Waals surface area contributed by atoms with E-state index in [4.69, 9.17) is 0 Å². The van der Waals surface area contributed by atoms with Crippen LogP contribution in [0.1, 0.15) is 16.8 Å². The minimum Gasteiger partial charge on any atom is -0.507 e. The lowest BCUT2D eigenvalue weighted by molar-refractivity contribution is -0.137. The molecule has 1 N–H and O–H groups in total. The molecule has 2 fully saturated rings. The van der Waals surface area contributed by atoms with Crippen molar-refractivity contribution in [1.82, 2.24) is 9.80 Å². The summed E-state index contributed by atoms with van der Waals surface area (Å²) in [6.45, 7) is 1.99. The molecule has 2 aromatic rings. The van der Waals surface area contributed by atoms with Crippen molar-refractivity contribution in [3.05, 3.63) is 58.6 Å². The summed E-state index contributed by atoms with van der Waals surface area (Å²) in [6.07, 6.45) is 0.197. The predicted octanol–water partition coefficient (Wildman–Crippen LogP) is 2.49. The van der Waals surface area contributed by atoms with Gasteiger partial charge < -0.3 is 19.8 Å². The van der Waals surface area contributed by atoms with E-state index >= 15 is 0 Å². The van der Waals surface area contributed by atoms with Crippen molar-refractivity contribution >= 4 is 39.3 Å². The number of rotatable bonds is 3. The Kier molecular flexibility index (Phi) is 5.76. The second-order valence-electron chi connectivity index (χ2n) is 7.52. The Morgan fingerprint density at radius 2 is 1.67 bits per heavy atom. The first-order valence-electron chi connectivity index (χ1n) is 9.86. The van der Waals surface area contributed by atoms with Crippen LogP contribution in [0, 0.1) is 5.92 Å². The van der Waals surface area contributed by atoms with Gasteiger partial charge in [0.1, 0.15) is 5.75 Å². The molecule has 8 heteroatoms. The quantitative estimate of drug-likeness (QED) is 0.745. The molecule has 7 nitrogen and oxygen atoms in total. The molecule has 0 bridgehead atoms. The Hall–Kier alpha value is -2.87. The summed E-state index contributed by atoms with van der Waals surface area (Å²) < 4.78 is 0.882. The molecular weight excluding hydrogens is 450 g/mol. The fraction of sp³-hybridized carbons (Fsp3) is 0.318. The SMILES string of the molecule is O=C(c1ccccc1O)N1CCN(C(=O)[C@H]2CC(=O)N(c3cccc(Br)c3)C2)CC1. The number of carbonyl (C=O) groups excluding carboxylic acids is 3. The van der Waals surface area contributed by atoms with Crippen LogP contribution < -0.4 is 4.90 Å². The Balaban J connectivity index is 1.36. The number of hydrogen-bond donors (Lipinski definition) is 1. The molecule has 1 atom stereocenters. The van der Waals surface area contributed by atoms with Gasteiger partial charge in [-0.25, -0.2) is 0 Å². The number of carbonyl (C=O) groups is 3. The summed E-state index contributed by atoms with van der Waals surface area (Å²) in [5.41, 5.74) is 1.05. The molecule has 0 radical (unpaired) electrons. The molecule has 3 amide bonds. The standard InChI is InChI=1S/C22H22BrN3O4/c23-16-4-3-5-17(13-16)26-14-15(12-20(26)28)21(29)24-8-10-25(11-9-24)22(30)18-6-1-2-7-19(18)27/h1-7,13,15,27H,8-12,14H2/t15-/m0/s1. The van der Waals surface area contributed by atoms with Crippen LogP contribution in [0.15, 0.2) is 53.0 Å². The Bertz CT molecular complexity index is 988. The number of para-hydroxylation sites is 1. The van der Waals surface area contributed by atoms with Crippen molar-refractivity contribution in [2.45, 2.75) is 6.42 Å². The topological polar surface area (TPSA) is 81.2 Å². The summed E-state index contributed by atoms with van der Waals surface area (Å²) in [4.78, 5) is 43.1. The van der Waals surface area contributed by atoms with Crippen molar-refractivity contribution in [3.63, 3.8) is 0 Å². The summed E-state index contributed by atoms with van der Waals surface area (Å²) in [7, 11) is 0. The maximum absolute atomic E-state index is 13.0. The Labute approximate surface area is 183 Å². The van der Waals surface area contributed by atoms with Gasteiger partial charge in [0.25, 0.3) is 5.91 Å². The zero-order valence-corrected chi connectivity index (χ0v) is 17.9. The van der Waals surface area contributed by atoms with E-state index in [2.05, 4.69) is 15.9 Å². The first-order chi connectivity index (χ1) is 14.4. The van der Waals surface area contributed by atoms with E-state index in [1.54, 1.807) is 32.9 Å². The van der Waals surface area contributed by atoms with E-state index in [0.717, 1.165) is 10.2 Å². The maximum Gasteiger partial charge on any atom is 0.257 e. The van der Waals surface area contributed by atoms with Gasteiger partial charge in [0.05, 0.1) is 11.5 Å². The van der Waals surface area contributed by atoms with Gasteiger partial charge in [-0.1, -0.05) is 34.1 Å². The zero-order valence-electron chi connectivity index (χ0n) is 16.3. The molecular formula is C22H22BrN3O4. The molecule has 2 aliphatic heterocycles. The smallest absolute Gasteiger partial charge is 0.257 e. The molecule has 4 rings (SSSR count). The third-order valence-corrected chi connectivity index (χ3v) is 6.10. The van der Waals surface area contributed by atoms with E-state index in [9.17, 15) is 19.5 Å². The van der Waals surface area contributed by atoms with Crippen molar-refractivity contribution in [1.29, 1.82) is 0 Å². The molecule has 2 aromatic carbocycles. The highest BCUT2D eigenvalue weighted by Crippen LogP contribution is 2.28. The molecule has 0 aliphatic carbocycles. The van der Waals surface area contributed by atoms with Crippen LogP contribution in [0.25, 0.3) is 0 Å². The van der Waals surface area contributed by atoms with Gasteiger partial charge >= 0.3 is 0 Å². The number of benzene rings is 2. The molecule has 30 heavy (non-hydrogen) atoms. The van der Waals surface area contributed by atoms with E-state index in [0.29, 0.717) is 32.7 Å². The lowest BCUT2D eigenvalue weighted by Gasteiger charge is -2.36. The number of amides is 3. The van der Waals surface area contributed by atoms with Crippen molar-refractivity contribution in [2.75, 3.05) is 37.6 Å². The number of hydrogen-bond acceptors (Lipinski definition) is 4. The van der Waals surface area contributed by atoms with Crippen LogP contribution in [0.3, 0.4) is 0 Å². The highest BCUT2D eigenvalue weighted by Gasteiger charge is 2.38. The highest BCUT2D eigenvalue weighted by molar-refractivity contribution is 9.10. The summed E-state index contributed by atoms with van der Waals surface area (Å²) in [6, 6.07) is 13.9. The minimum absolute atomic E-state index is 0.0434. The molecule has 0 unspecified atom stereocenters. The van der Waals surface area contributed by atoms with Crippen molar-refractivity contribution < 1.29 is 19.5 Å². The van der Waals surface area contributed by atoms with Gasteiger partial charge in [0.2, 0.25) is 11.8 Å². The van der Waals surface area contributed by atoms with Crippen LogP contribution in [-0.2, 0) is 9.59 Å². The second-order valence-corrected chi connectivity index (χ2v) is 8.44. The van der Waals surface area contributed by atoms with Crippen LogP contribution in [0.2, 0.25) is 0 Å². The third kappa shape index (κ3) is 4.05. The number of phenols is 1. The predicted molar refractivity (Wildman–Crippen MR) is 115 cm³/mol. The zero-order chi connectivity index (χ0) is 21.3. The number of nitrogens with zero attached hydrogens (tertiary/aromatic N) is 3. The average Bonchev–Trinajstić information content (AvgIpc) is 3.15. The number of piperazine rings is 1. The van der Waals surface area contributed by atoms with E-state index in [1.807, 2.05) is 24.3 Å². The average molecular weight is 472 g/mol. The van der Waals surface area contributed by atoms with Gasteiger partial charge in [0.15, 0.2) is 0 Å². The van der Waals surface area contributed by atoms with E-state index < -0.39 is 0 Å². The minimum atomic E-state index is -0.378.